The van der Waals surface area contributed by atoms with E-state index in [4.69, 9.17) is 9.47 Å². The lowest BCUT2D eigenvalue weighted by atomic mass is 10.1. The van der Waals surface area contributed by atoms with E-state index >= 15 is 0 Å². The van der Waals surface area contributed by atoms with Crippen molar-refractivity contribution in [3.05, 3.63) is 53.6 Å². The van der Waals surface area contributed by atoms with Gasteiger partial charge in [0, 0.05) is 5.56 Å². The molecule has 2 aromatic carbocycles. The maximum Gasteiger partial charge on any atom is 0.405 e. The Kier molecular flexibility index (Phi) is 7.83. The van der Waals surface area contributed by atoms with E-state index in [0.29, 0.717) is 0 Å². The van der Waals surface area contributed by atoms with Crippen molar-refractivity contribution in [2.45, 2.75) is 6.18 Å². The van der Waals surface area contributed by atoms with E-state index in [1.807, 2.05) is 0 Å². The van der Waals surface area contributed by atoms with Crippen molar-refractivity contribution in [3.63, 3.8) is 0 Å². The van der Waals surface area contributed by atoms with Gasteiger partial charge in [-0.25, -0.2) is 4.79 Å². The molecular formula is C20H19F3N2O6. The Bertz CT molecular complexity index is 962. The van der Waals surface area contributed by atoms with Gasteiger partial charge in [0.05, 0.1) is 25.5 Å². The van der Waals surface area contributed by atoms with Crippen LogP contribution in [-0.4, -0.2) is 51.3 Å². The minimum absolute atomic E-state index is 0.0139. The van der Waals surface area contributed by atoms with Crippen LogP contribution in [0.1, 0.15) is 20.7 Å². The fraction of sp³-hybridized carbons (Fsp3) is 0.250. The second kappa shape index (κ2) is 10.3. The third-order valence-electron chi connectivity index (χ3n) is 3.87. The zero-order chi connectivity index (χ0) is 23.0. The third-order valence-corrected chi connectivity index (χ3v) is 3.87. The highest BCUT2D eigenvalue weighted by molar-refractivity contribution is 6.09. The van der Waals surface area contributed by atoms with Crippen LogP contribution in [0.25, 0.3) is 0 Å². The number of benzene rings is 2. The zero-order valence-electron chi connectivity index (χ0n) is 16.5. The number of anilines is 1. The van der Waals surface area contributed by atoms with E-state index in [1.165, 1.54) is 56.7 Å². The molecule has 0 atom stereocenters. The maximum atomic E-state index is 12.6. The van der Waals surface area contributed by atoms with E-state index in [-0.39, 0.29) is 28.3 Å². The van der Waals surface area contributed by atoms with Gasteiger partial charge in [-0.3, -0.25) is 9.59 Å². The molecule has 0 spiro atoms. The van der Waals surface area contributed by atoms with E-state index in [0.717, 1.165) is 0 Å². The molecule has 0 aliphatic carbocycles. The van der Waals surface area contributed by atoms with Crippen molar-refractivity contribution in [1.82, 2.24) is 5.32 Å². The summed E-state index contributed by atoms with van der Waals surface area (Å²) in [5.74, 6) is -1.95. The van der Waals surface area contributed by atoms with Crippen LogP contribution in [0, 0.1) is 0 Å². The first-order valence-electron chi connectivity index (χ1n) is 8.77. The predicted octanol–water partition coefficient (Wildman–Crippen LogP) is 2.79. The summed E-state index contributed by atoms with van der Waals surface area (Å²) in [5, 5.41) is 4.23. The molecule has 31 heavy (non-hydrogen) atoms. The largest absolute Gasteiger partial charge is 0.493 e. The highest BCUT2D eigenvalue weighted by atomic mass is 19.4. The molecule has 8 nitrogen and oxygen atoms in total. The first-order valence-corrected chi connectivity index (χ1v) is 8.77. The molecule has 0 radical (unpaired) electrons. The summed E-state index contributed by atoms with van der Waals surface area (Å²) in [4.78, 5) is 36.0. The summed E-state index contributed by atoms with van der Waals surface area (Å²) in [6, 6.07) is 9.76. The monoisotopic (exact) mass is 440 g/mol. The highest BCUT2D eigenvalue weighted by Crippen LogP contribution is 2.28. The van der Waals surface area contributed by atoms with E-state index < -0.39 is 37.1 Å². The number of carbonyl (C=O) groups is 3. The van der Waals surface area contributed by atoms with Gasteiger partial charge in [0.1, 0.15) is 6.54 Å². The Morgan fingerprint density at radius 3 is 2.32 bits per heavy atom. The highest BCUT2D eigenvalue weighted by Gasteiger charge is 2.28. The minimum Gasteiger partial charge on any atom is -0.493 e. The number of para-hydroxylation sites is 1. The normalized spacial score (nSPS) is 10.7. The number of halogens is 3. The van der Waals surface area contributed by atoms with Crippen molar-refractivity contribution < 1.29 is 41.8 Å². The van der Waals surface area contributed by atoms with Crippen LogP contribution in [-0.2, 0) is 9.53 Å². The van der Waals surface area contributed by atoms with Crippen LogP contribution in [0.4, 0.5) is 18.9 Å². The predicted molar refractivity (Wildman–Crippen MR) is 103 cm³/mol. The molecule has 2 N–H and O–H groups in total. The number of amides is 2. The molecule has 0 bridgehead atoms. The summed E-state index contributed by atoms with van der Waals surface area (Å²) >= 11 is 0. The smallest absolute Gasteiger partial charge is 0.405 e. The Morgan fingerprint density at radius 1 is 0.968 bits per heavy atom. The number of methoxy groups -OCH3 is 2. The second-order valence-electron chi connectivity index (χ2n) is 6.03. The lowest BCUT2D eigenvalue weighted by Gasteiger charge is -2.14. The quantitative estimate of drug-likeness (QED) is 0.612. The second-order valence-corrected chi connectivity index (χ2v) is 6.03. The van der Waals surface area contributed by atoms with Gasteiger partial charge < -0.3 is 24.8 Å². The Hall–Kier alpha value is -3.76. The molecule has 0 unspecified atom stereocenters. The summed E-state index contributed by atoms with van der Waals surface area (Å²) in [5.41, 5.74) is -0.0398. The first kappa shape index (κ1) is 23.5. The molecule has 11 heteroatoms. The van der Waals surface area contributed by atoms with Crippen LogP contribution < -0.4 is 20.1 Å². The average molecular weight is 440 g/mol. The van der Waals surface area contributed by atoms with Gasteiger partial charge in [-0.15, -0.1) is 0 Å². The molecule has 2 aromatic rings. The molecule has 2 amide bonds. The Morgan fingerprint density at radius 2 is 1.68 bits per heavy atom. The van der Waals surface area contributed by atoms with Crippen LogP contribution in [0.15, 0.2) is 42.5 Å². The summed E-state index contributed by atoms with van der Waals surface area (Å²) in [6.07, 6.45) is -4.57. The molecule has 0 saturated carbocycles. The lowest BCUT2D eigenvalue weighted by Crippen LogP contribution is -2.34. The Balaban J connectivity index is 2.20. The number of rotatable bonds is 8. The summed E-state index contributed by atoms with van der Waals surface area (Å²) in [7, 11) is 2.56. The number of carbonyl (C=O) groups excluding carboxylic acids is 3. The molecule has 2 rings (SSSR count). The molecular weight excluding hydrogens is 421 g/mol. The number of esters is 1. The Labute approximate surface area is 175 Å². The van der Waals surface area contributed by atoms with E-state index in [1.54, 1.807) is 5.32 Å². The molecule has 0 aromatic heterocycles. The molecule has 0 fully saturated rings. The summed E-state index contributed by atoms with van der Waals surface area (Å²) in [6.45, 7) is -1.92. The standard InChI is InChI=1S/C20H19F3N2O6/c1-29-15-8-7-12(9-16(15)31-10-17(26)30-2)18(27)25-14-6-4-3-5-13(14)19(28)24-11-20(21,22)23/h3-9H,10-11H2,1-2H3,(H,24,28)(H,25,27). The van der Waals surface area contributed by atoms with Crippen LogP contribution >= 0.6 is 0 Å². The van der Waals surface area contributed by atoms with Crippen molar-refractivity contribution in [3.8, 4) is 11.5 Å². The van der Waals surface area contributed by atoms with Gasteiger partial charge in [0.25, 0.3) is 11.8 Å². The molecule has 0 heterocycles. The number of hydrogen-bond donors (Lipinski definition) is 2. The van der Waals surface area contributed by atoms with Gasteiger partial charge >= 0.3 is 12.1 Å². The number of alkyl halides is 3. The number of hydrogen-bond acceptors (Lipinski definition) is 6. The first-order chi connectivity index (χ1) is 14.6. The molecule has 0 aliphatic heterocycles. The van der Waals surface area contributed by atoms with Crippen LogP contribution in [0.2, 0.25) is 0 Å². The van der Waals surface area contributed by atoms with Crippen molar-refractivity contribution >= 4 is 23.5 Å². The molecule has 0 aliphatic rings. The van der Waals surface area contributed by atoms with Gasteiger partial charge in [0.15, 0.2) is 18.1 Å². The summed E-state index contributed by atoms with van der Waals surface area (Å²) < 4.78 is 52.0. The molecule has 0 saturated heterocycles. The van der Waals surface area contributed by atoms with Crippen molar-refractivity contribution in [2.24, 2.45) is 0 Å². The fourth-order valence-electron chi connectivity index (χ4n) is 2.39. The minimum atomic E-state index is -4.57. The van der Waals surface area contributed by atoms with Crippen LogP contribution in [0.3, 0.4) is 0 Å². The SMILES string of the molecule is COC(=O)COc1cc(C(=O)Nc2ccccc2C(=O)NCC(F)(F)F)ccc1OC. The van der Waals surface area contributed by atoms with Crippen molar-refractivity contribution in [2.75, 3.05) is 32.7 Å². The molecule has 166 valence electrons. The van der Waals surface area contributed by atoms with E-state index in [9.17, 15) is 27.6 Å². The van der Waals surface area contributed by atoms with E-state index in [2.05, 4.69) is 10.1 Å². The third kappa shape index (κ3) is 6.91. The lowest BCUT2D eigenvalue weighted by molar-refractivity contribution is -0.142. The maximum absolute atomic E-state index is 12.6. The zero-order valence-corrected chi connectivity index (χ0v) is 16.5. The number of ether oxygens (including phenoxy) is 3. The van der Waals surface area contributed by atoms with Gasteiger partial charge in [-0.1, -0.05) is 12.1 Å². The van der Waals surface area contributed by atoms with Gasteiger partial charge in [0.2, 0.25) is 0 Å². The fourth-order valence-corrected chi connectivity index (χ4v) is 2.39. The topological polar surface area (TPSA) is 103 Å². The van der Waals surface area contributed by atoms with Gasteiger partial charge in [-0.05, 0) is 30.3 Å². The van der Waals surface area contributed by atoms with Crippen LogP contribution in [0.5, 0.6) is 11.5 Å². The van der Waals surface area contributed by atoms with Gasteiger partial charge in [-0.2, -0.15) is 13.2 Å². The average Bonchev–Trinajstić information content (AvgIpc) is 2.75. The van der Waals surface area contributed by atoms with Crippen molar-refractivity contribution in [1.29, 1.82) is 0 Å². The number of nitrogens with one attached hydrogen (secondary N) is 2.